The largest absolute Gasteiger partial charge is 0.391 e. The minimum absolute atomic E-state index is 0.407. The normalized spacial score (nSPS) is 14.4. The molecular formula is C27H23ClN2O. The van der Waals surface area contributed by atoms with E-state index in [1.54, 1.807) is 0 Å². The molecule has 5 rings (SSSR count). The molecule has 0 atom stereocenters. The molecule has 0 fully saturated rings. The Labute approximate surface area is 187 Å². The molecule has 0 saturated heterocycles. The molecule has 3 nitrogen and oxygen atoms in total. The Morgan fingerprint density at radius 3 is 2.39 bits per heavy atom. The first-order valence-corrected chi connectivity index (χ1v) is 11.0. The second kappa shape index (κ2) is 8.83. The van der Waals surface area contributed by atoms with Crippen molar-refractivity contribution in [3.63, 3.8) is 0 Å². The van der Waals surface area contributed by atoms with E-state index in [-0.39, 0.29) is 0 Å². The molecular weight excluding hydrogens is 404 g/mol. The van der Waals surface area contributed by atoms with Gasteiger partial charge in [-0.25, -0.2) is 0 Å². The average Bonchev–Trinajstić information content (AvgIpc) is 3.21. The highest BCUT2D eigenvalue weighted by atomic mass is 35.5. The molecule has 3 aromatic carbocycles. The van der Waals surface area contributed by atoms with E-state index >= 15 is 0 Å². The van der Waals surface area contributed by atoms with Gasteiger partial charge in [-0.2, -0.15) is 0 Å². The average molecular weight is 427 g/mol. The molecule has 4 heteroatoms. The quantitative estimate of drug-likeness (QED) is 0.314. The first-order chi connectivity index (χ1) is 15.3. The van der Waals surface area contributed by atoms with E-state index in [9.17, 15) is 0 Å². The van der Waals surface area contributed by atoms with Crippen LogP contribution >= 0.6 is 11.6 Å². The van der Waals surface area contributed by atoms with Gasteiger partial charge in [0.1, 0.15) is 6.61 Å². The highest BCUT2D eigenvalue weighted by Gasteiger charge is 2.24. The fourth-order valence-corrected chi connectivity index (χ4v) is 4.42. The Kier molecular flexibility index (Phi) is 5.59. The van der Waals surface area contributed by atoms with Crippen molar-refractivity contribution in [1.29, 1.82) is 0 Å². The number of benzene rings is 3. The Balaban J connectivity index is 1.53. The van der Waals surface area contributed by atoms with Gasteiger partial charge >= 0.3 is 0 Å². The number of oxime groups is 1. The minimum Gasteiger partial charge on any atom is -0.391 e. The van der Waals surface area contributed by atoms with Crippen molar-refractivity contribution >= 4 is 17.3 Å². The Hall–Kier alpha value is -3.30. The third-order valence-electron chi connectivity index (χ3n) is 5.62. The van der Waals surface area contributed by atoms with E-state index in [1.807, 2.05) is 24.3 Å². The Morgan fingerprint density at radius 2 is 1.61 bits per heavy atom. The number of nitrogens with zero attached hydrogens (tertiary/aromatic N) is 2. The molecule has 0 saturated carbocycles. The van der Waals surface area contributed by atoms with Crippen LogP contribution in [0.3, 0.4) is 0 Å². The lowest BCUT2D eigenvalue weighted by molar-refractivity contribution is 0.130. The molecule has 31 heavy (non-hydrogen) atoms. The number of rotatable bonds is 5. The predicted molar refractivity (Wildman–Crippen MR) is 127 cm³/mol. The highest BCUT2D eigenvalue weighted by molar-refractivity contribution is 6.30. The van der Waals surface area contributed by atoms with Crippen LogP contribution in [0, 0.1) is 0 Å². The molecule has 1 aliphatic carbocycles. The van der Waals surface area contributed by atoms with Crippen LogP contribution in [0.2, 0.25) is 5.02 Å². The van der Waals surface area contributed by atoms with Crippen LogP contribution in [-0.4, -0.2) is 10.3 Å². The van der Waals surface area contributed by atoms with E-state index < -0.39 is 0 Å². The Bertz CT molecular complexity index is 1210. The maximum atomic E-state index is 6.08. The van der Waals surface area contributed by atoms with Gasteiger partial charge in [0, 0.05) is 22.0 Å². The van der Waals surface area contributed by atoms with E-state index in [0.29, 0.717) is 11.6 Å². The lowest BCUT2D eigenvalue weighted by atomic mass is 9.95. The monoisotopic (exact) mass is 426 g/mol. The van der Waals surface area contributed by atoms with Crippen LogP contribution in [0.1, 0.15) is 29.7 Å². The molecule has 0 amide bonds. The van der Waals surface area contributed by atoms with Crippen molar-refractivity contribution in [3.05, 3.63) is 113 Å². The number of para-hydroxylation sites is 1. The maximum absolute atomic E-state index is 6.08. The number of hydrogen-bond donors (Lipinski definition) is 0. The summed E-state index contributed by atoms with van der Waals surface area (Å²) in [7, 11) is 0. The maximum Gasteiger partial charge on any atom is 0.142 e. The van der Waals surface area contributed by atoms with Crippen molar-refractivity contribution < 1.29 is 4.84 Å². The van der Waals surface area contributed by atoms with Gasteiger partial charge in [0.25, 0.3) is 0 Å². The van der Waals surface area contributed by atoms with Gasteiger partial charge in [0.2, 0.25) is 0 Å². The molecule has 0 radical (unpaired) electrons. The summed E-state index contributed by atoms with van der Waals surface area (Å²) >= 11 is 6.08. The van der Waals surface area contributed by atoms with Crippen LogP contribution < -0.4 is 0 Å². The number of fused-ring (bicyclic) bond motifs is 1. The summed E-state index contributed by atoms with van der Waals surface area (Å²) in [6.07, 6.45) is 2.98. The third-order valence-corrected chi connectivity index (χ3v) is 5.85. The molecule has 0 spiro atoms. The molecule has 1 aliphatic rings. The van der Waals surface area contributed by atoms with Gasteiger partial charge in [-0.1, -0.05) is 77.4 Å². The lowest BCUT2D eigenvalue weighted by Crippen LogP contribution is -2.14. The summed E-state index contributed by atoms with van der Waals surface area (Å²) in [5.41, 5.74) is 8.04. The SMILES string of the molecule is Clc1cccc(CO/N=C2\CCCc3c2cc(-c2ccccc2)n3-c2ccccc2)c1. The van der Waals surface area contributed by atoms with E-state index in [4.69, 9.17) is 16.4 Å². The molecule has 1 aromatic heterocycles. The van der Waals surface area contributed by atoms with Gasteiger partial charge in [-0.3, -0.25) is 0 Å². The smallest absolute Gasteiger partial charge is 0.142 e. The third kappa shape index (κ3) is 4.14. The molecule has 0 unspecified atom stereocenters. The molecule has 1 heterocycles. The van der Waals surface area contributed by atoms with Crippen LogP contribution in [-0.2, 0) is 17.9 Å². The van der Waals surface area contributed by atoms with E-state index in [1.165, 1.54) is 28.2 Å². The standard InChI is InChI=1S/C27H23ClN2O/c28-22-12-7-9-20(17-22)19-31-29-25-15-8-16-26-24(25)18-27(21-10-3-1-4-11-21)30(26)23-13-5-2-6-14-23/h1-7,9-14,17-18H,8,15-16,19H2/b29-25+. The van der Waals surface area contributed by atoms with Gasteiger partial charge in [0.15, 0.2) is 0 Å². The molecule has 0 N–H and O–H groups in total. The Morgan fingerprint density at radius 1 is 0.839 bits per heavy atom. The minimum atomic E-state index is 0.407. The summed E-state index contributed by atoms with van der Waals surface area (Å²) < 4.78 is 2.37. The second-order valence-corrected chi connectivity index (χ2v) is 8.16. The van der Waals surface area contributed by atoms with E-state index in [0.717, 1.165) is 30.5 Å². The zero-order chi connectivity index (χ0) is 21.0. The summed E-state index contributed by atoms with van der Waals surface area (Å²) in [6.45, 7) is 0.407. The van der Waals surface area contributed by atoms with Crippen molar-refractivity contribution in [1.82, 2.24) is 4.57 Å². The first-order valence-electron chi connectivity index (χ1n) is 10.6. The first kappa shape index (κ1) is 19.7. The van der Waals surface area contributed by atoms with Crippen molar-refractivity contribution in [3.8, 4) is 16.9 Å². The fraction of sp³-hybridized carbons (Fsp3) is 0.148. The highest BCUT2D eigenvalue weighted by Crippen LogP contribution is 2.34. The van der Waals surface area contributed by atoms with Crippen molar-refractivity contribution in [2.45, 2.75) is 25.9 Å². The molecule has 0 bridgehead atoms. The predicted octanol–water partition coefficient (Wildman–Crippen LogP) is 7.05. The summed E-state index contributed by atoms with van der Waals surface area (Å²) in [6, 6.07) is 31.0. The van der Waals surface area contributed by atoms with Crippen LogP contribution in [0.15, 0.2) is 96.2 Å². The van der Waals surface area contributed by atoms with Crippen molar-refractivity contribution in [2.75, 3.05) is 0 Å². The summed E-state index contributed by atoms with van der Waals surface area (Å²) in [5.74, 6) is 0. The van der Waals surface area contributed by atoms with E-state index in [2.05, 4.69) is 76.5 Å². The zero-order valence-electron chi connectivity index (χ0n) is 17.2. The zero-order valence-corrected chi connectivity index (χ0v) is 17.9. The fourth-order valence-electron chi connectivity index (χ4n) is 4.20. The number of halogens is 1. The van der Waals surface area contributed by atoms with Gasteiger partial charge in [-0.05, 0) is 60.7 Å². The molecule has 154 valence electrons. The number of hydrogen-bond acceptors (Lipinski definition) is 2. The van der Waals surface area contributed by atoms with Crippen LogP contribution in [0.25, 0.3) is 16.9 Å². The summed E-state index contributed by atoms with van der Waals surface area (Å²) in [5, 5.41) is 5.26. The molecule has 4 aromatic rings. The van der Waals surface area contributed by atoms with Crippen molar-refractivity contribution in [2.24, 2.45) is 5.16 Å². The topological polar surface area (TPSA) is 26.5 Å². The van der Waals surface area contributed by atoms with Gasteiger partial charge < -0.3 is 9.40 Å². The number of aromatic nitrogens is 1. The molecule has 0 aliphatic heterocycles. The van der Waals surface area contributed by atoms with Crippen LogP contribution in [0.5, 0.6) is 0 Å². The second-order valence-electron chi connectivity index (χ2n) is 7.72. The van der Waals surface area contributed by atoms with Gasteiger partial charge in [0.05, 0.1) is 11.4 Å². The van der Waals surface area contributed by atoms with Crippen LogP contribution in [0.4, 0.5) is 0 Å². The summed E-state index contributed by atoms with van der Waals surface area (Å²) in [4.78, 5) is 5.75. The van der Waals surface area contributed by atoms with Gasteiger partial charge in [-0.15, -0.1) is 0 Å². The lowest BCUT2D eigenvalue weighted by Gasteiger charge is -2.18.